The lowest BCUT2D eigenvalue weighted by atomic mass is 9.83. The maximum absolute atomic E-state index is 13.1. The lowest BCUT2D eigenvalue weighted by molar-refractivity contribution is -0.385. The van der Waals surface area contributed by atoms with Crippen LogP contribution in [0.15, 0.2) is 60.7 Å². The van der Waals surface area contributed by atoms with Crippen LogP contribution in [0.3, 0.4) is 0 Å². The quantitative estimate of drug-likeness (QED) is 0.308. The lowest BCUT2D eigenvalue weighted by Crippen LogP contribution is -2.68. The molecule has 2 bridgehead atoms. The average molecular weight is 471 g/mol. The molecule has 2 fully saturated rings. The molecule has 172 valence electrons. The van der Waals surface area contributed by atoms with E-state index in [1.807, 2.05) is 36.4 Å². The first-order valence-electron chi connectivity index (χ1n) is 10.6. The van der Waals surface area contributed by atoms with Crippen LogP contribution in [0.4, 0.5) is 5.69 Å². The Bertz CT molecular complexity index is 1260. The largest absolute Gasteiger partial charge is 0.454 e. The first kappa shape index (κ1) is 21.7. The molecule has 0 radical (unpaired) electrons. The van der Waals surface area contributed by atoms with Gasteiger partial charge in [-0.15, -0.1) is 0 Å². The van der Waals surface area contributed by atoms with Crippen LogP contribution >= 0.6 is 0 Å². The van der Waals surface area contributed by atoms with Crippen molar-refractivity contribution in [2.75, 3.05) is 0 Å². The van der Waals surface area contributed by atoms with Crippen LogP contribution in [0, 0.1) is 17.0 Å². The number of benzene rings is 2. The van der Waals surface area contributed by atoms with Gasteiger partial charge in [-0.05, 0) is 43.5 Å². The minimum absolute atomic E-state index is 0.0988. The number of nitrogens with zero attached hydrogens (tertiary/aromatic N) is 1. The number of nitrogens with one attached hydrogen (secondary N) is 1. The molecule has 5 rings (SSSR count). The molecule has 3 heterocycles. The van der Waals surface area contributed by atoms with Crippen LogP contribution in [-0.2, 0) is 25.9 Å². The third kappa shape index (κ3) is 3.64. The fraction of sp³-hybridized carbons (Fsp3) is 0.348. The highest BCUT2D eigenvalue weighted by Crippen LogP contribution is 2.48. The molecule has 1 N–H and O–H groups in total. The normalized spacial score (nSPS) is 31.2. The summed E-state index contributed by atoms with van der Waals surface area (Å²) in [4.78, 5) is 23.7. The van der Waals surface area contributed by atoms with E-state index in [0.717, 1.165) is 5.56 Å². The summed E-state index contributed by atoms with van der Waals surface area (Å²) in [7, 11) is -3.72. The smallest absolute Gasteiger partial charge is 0.338 e. The molecule has 3 aliphatic rings. The minimum Gasteiger partial charge on any atom is -0.454 e. The molecule has 0 amide bonds. The van der Waals surface area contributed by atoms with E-state index in [2.05, 4.69) is 4.72 Å². The maximum atomic E-state index is 13.1. The van der Waals surface area contributed by atoms with E-state index in [1.165, 1.54) is 18.2 Å². The van der Waals surface area contributed by atoms with Crippen molar-refractivity contribution in [1.82, 2.24) is 4.72 Å². The molecule has 0 aromatic heterocycles. The number of carbonyl (C=O) groups excluding carboxylic acids is 1. The second-order valence-corrected chi connectivity index (χ2v) is 10.5. The number of hydrogen-bond donors (Lipinski definition) is 1. The van der Waals surface area contributed by atoms with Gasteiger partial charge in [-0.3, -0.25) is 10.1 Å². The Labute approximate surface area is 190 Å². The van der Waals surface area contributed by atoms with Crippen molar-refractivity contribution in [2.24, 2.45) is 0 Å². The molecule has 10 heteroatoms. The summed E-state index contributed by atoms with van der Waals surface area (Å²) in [6.07, 6.45) is 2.83. The van der Waals surface area contributed by atoms with Crippen LogP contribution in [0.1, 0.15) is 27.9 Å². The standard InChI is InChI=1S/C23H22N2O7S/c1-14-11-16(7-8-19(14)25(27)28)22(26)31-21-18(12-15-5-3-2-4-6-15)24-33(29,30)20-13-17-9-10-23(20,21)32-17/h2-11,17-18,20-21,24H,12-13H2,1H3/t17-,18+,20+,21+,23-/m1/s1. The number of carbonyl (C=O) groups is 1. The van der Waals surface area contributed by atoms with E-state index in [4.69, 9.17) is 9.47 Å². The van der Waals surface area contributed by atoms with E-state index in [0.29, 0.717) is 12.0 Å². The number of aryl methyl sites for hydroxylation is 1. The highest BCUT2D eigenvalue weighted by molar-refractivity contribution is 7.90. The number of nitro groups is 1. The molecule has 2 saturated heterocycles. The number of esters is 1. The first-order chi connectivity index (χ1) is 15.7. The van der Waals surface area contributed by atoms with Gasteiger partial charge in [-0.1, -0.05) is 36.4 Å². The van der Waals surface area contributed by atoms with Crippen molar-refractivity contribution < 1.29 is 27.6 Å². The van der Waals surface area contributed by atoms with Crippen LogP contribution in [0.5, 0.6) is 0 Å². The summed E-state index contributed by atoms with van der Waals surface area (Å²) in [6, 6.07) is 12.6. The second kappa shape index (κ2) is 7.75. The van der Waals surface area contributed by atoms with Gasteiger partial charge in [-0.2, -0.15) is 0 Å². The van der Waals surface area contributed by atoms with Gasteiger partial charge in [0.25, 0.3) is 5.69 Å². The molecule has 3 aliphatic heterocycles. The molecule has 5 atom stereocenters. The van der Waals surface area contributed by atoms with Gasteiger partial charge in [0.1, 0.15) is 10.9 Å². The van der Waals surface area contributed by atoms with Gasteiger partial charge < -0.3 is 9.47 Å². The van der Waals surface area contributed by atoms with E-state index >= 15 is 0 Å². The molecule has 2 aromatic rings. The number of fused-ring (bicyclic) bond motifs is 1. The summed E-state index contributed by atoms with van der Waals surface area (Å²) >= 11 is 0. The topological polar surface area (TPSA) is 125 Å². The maximum Gasteiger partial charge on any atom is 0.338 e. The van der Waals surface area contributed by atoms with Crippen molar-refractivity contribution in [2.45, 2.75) is 48.9 Å². The SMILES string of the molecule is Cc1cc(C(=O)O[C@H]2[C@H](Cc3ccccc3)NS(=O)(=O)[C@H]3C[C@H]4C=C[C@]23O4)ccc1[N+](=O)[O-]. The fourth-order valence-electron chi connectivity index (χ4n) is 5.05. The summed E-state index contributed by atoms with van der Waals surface area (Å²) in [5.74, 6) is -0.697. The number of ether oxygens (including phenoxy) is 2. The zero-order valence-corrected chi connectivity index (χ0v) is 18.5. The molecule has 1 spiro atoms. The van der Waals surface area contributed by atoms with Gasteiger partial charge in [-0.25, -0.2) is 17.9 Å². The summed E-state index contributed by atoms with van der Waals surface area (Å²) < 4.78 is 40.9. The Kier molecular flexibility index (Phi) is 5.11. The predicted octanol–water partition coefficient (Wildman–Crippen LogP) is 2.44. The number of hydrogen-bond acceptors (Lipinski definition) is 7. The Morgan fingerprint density at radius 2 is 2.03 bits per heavy atom. The van der Waals surface area contributed by atoms with E-state index in [1.54, 1.807) is 13.0 Å². The molecule has 33 heavy (non-hydrogen) atoms. The Balaban J connectivity index is 1.50. The van der Waals surface area contributed by atoms with Crippen molar-refractivity contribution in [3.8, 4) is 0 Å². The predicted molar refractivity (Wildman–Crippen MR) is 118 cm³/mol. The molecular weight excluding hydrogens is 448 g/mol. The summed E-state index contributed by atoms with van der Waals surface area (Å²) in [6.45, 7) is 1.54. The van der Waals surface area contributed by atoms with Crippen LogP contribution in [0.2, 0.25) is 0 Å². The van der Waals surface area contributed by atoms with E-state index in [-0.39, 0.29) is 23.8 Å². The van der Waals surface area contributed by atoms with Crippen molar-refractivity contribution in [1.29, 1.82) is 0 Å². The van der Waals surface area contributed by atoms with Crippen molar-refractivity contribution in [3.63, 3.8) is 0 Å². The van der Waals surface area contributed by atoms with Gasteiger partial charge in [0.2, 0.25) is 10.0 Å². The second-order valence-electron chi connectivity index (χ2n) is 8.64. The third-order valence-electron chi connectivity index (χ3n) is 6.54. The summed E-state index contributed by atoms with van der Waals surface area (Å²) in [5.41, 5.74) is -0.0233. The lowest BCUT2D eigenvalue weighted by Gasteiger charge is -2.45. The molecule has 0 aliphatic carbocycles. The zero-order chi connectivity index (χ0) is 23.4. The number of sulfonamides is 1. The zero-order valence-electron chi connectivity index (χ0n) is 17.7. The van der Waals surface area contributed by atoms with Gasteiger partial charge in [0, 0.05) is 11.6 Å². The first-order valence-corrected chi connectivity index (χ1v) is 12.1. The molecule has 2 aromatic carbocycles. The molecule has 0 unspecified atom stereocenters. The highest BCUT2D eigenvalue weighted by atomic mass is 32.2. The van der Waals surface area contributed by atoms with E-state index < -0.39 is 43.9 Å². The van der Waals surface area contributed by atoms with Gasteiger partial charge in [0.05, 0.1) is 22.6 Å². The number of nitro benzene ring substituents is 1. The molecule has 0 saturated carbocycles. The Morgan fingerprint density at radius 1 is 1.27 bits per heavy atom. The highest BCUT2D eigenvalue weighted by Gasteiger charge is 2.66. The van der Waals surface area contributed by atoms with Gasteiger partial charge in [0.15, 0.2) is 6.10 Å². The molecular formula is C23H22N2O7S. The van der Waals surface area contributed by atoms with E-state index in [9.17, 15) is 23.3 Å². The third-order valence-corrected chi connectivity index (χ3v) is 8.48. The van der Waals surface area contributed by atoms with Gasteiger partial charge >= 0.3 is 5.97 Å². The summed E-state index contributed by atoms with van der Waals surface area (Å²) in [5, 5.41) is 10.2. The van der Waals surface area contributed by atoms with Crippen LogP contribution in [-0.4, -0.2) is 48.4 Å². The van der Waals surface area contributed by atoms with Crippen molar-refractivity contribution >= 4 is 21.7 Å². The minimum atomic E-state index is -3.72. The monoisotopic (exact) mass is 470 g/mol. The number of rotatable bonds is 5. The average Bonchev–Trinajstić information content (AvgIpc) is 3.37. The fourth-order valence-corrected chi connectivity index (χ4v) is 7.04. The molecule has 9 nitrogen and oxygen atoms in total. The van der Waals surface area contributed by atoms with Crippen molar-refractivity contribution in [3.05, 3.63) is 87.5 Å². The Hall–Kier alpha value is -3.08. The Morgan fingerprint density at radius 3 is 2.70 bits per heavy atom. The van der Waals surface area contributed by atoms with Crippen LogP contribution < -0.4 is 4.72 Å². The van der Waals surface area contributed by atoms with Crippen LogP contribution in [0.25, 0.3) is 0 Å².